The zero-order valence-corrected chi connectivity index (χ0v) is 15.7. The number of carbonyl (C=O) groups excluding carboxylic acids is 1. The van der Waals surface area contributed by atoms with Gasteiger partial charge in [-0.25, -0.2) is 0 Å². The van der Waals surface area contributed by atoms with Crippen molar-refractivity contribution in [3.63, 3.8) is 0 Å². The first-order valence-electron chi connectivity index (χ1n) is 8.46. The summed E-state index contributed by atoms with van der Waals surface area (Å²) in [5.41, 5.74) is 3.27. The van der Waals surface area contributed by atoms with Gasteiger partial charge in [-0.1, -0.05) is 46.6 Å². The van der Waals surface area contributed by atoms with Crippen LogP contribution in [-0.4, -0.2) is 21.8 Å². The number of benzene rings is 2. The number of nitrogens with zero attached hydrogens (tertiary/aromatic N) is 2. The molecule has 0 atom stereocenters. The van der Waals surface area contributed by atoms with Crippen LogP contribution in [-0.2, 0) is 11.3 Å². The quantitative estimate of drug-likeness (QED) is 0.635. The second-order valence-corrected chi connectivity index (χ2v) is 7.24. The van der Waals surface area contributed by atoms with Crippen LogP contribution in [0.15, 0.2) is 57.9 Å². The van der Waals surface area contributed by atoms with Crippen molar-refractivity contribution in [3.05, 3.63) is 65.5 Å². The largest absolute Gasteiger partial charge is 0.347 e. The zero-order chi connectivity index (χ0) is 18.4. The number of hydrogen-bond donors (Lipinski definition) is 1. The molecular formula is C20H21N3O2S. The zero-order valence-electron chi connectivity index (χ0n) is 14.9. The molecule has 1 amide bonds. The van der Waals surface area contributed by atoms with Crippen molar-refractivity contribution in [2.24, 2.45) is 0 Å². The van der Waals surface area contributed by atoms with Gasteiger partial charge in [-0.05, 0) is 32.0 Å². The maximum atomic E-state index is 12.0. The maximum Gasteiger partial charge on any atom is 0.246 e. The highest BCUT2D eigenvalue weighted by Gasteiger charge is 2.10. The van der Waals surface area contributed by atoms with Gasteiger partial charge in [0.1, 0.15) is 0 Å². The summed E-state index contributed by atoms with van der Waals surface area (Å²) in [6, 6.07) is 16.2. The minimum Gasteiger partial charge on any atom is -0.347 e. The summed E-state index contributed by atoms with van der Waals surface area (Å²) in [7, 11) is 0. The number of amides is 1. The molecule has 0 spiro atoms. The van der Waals surface area contributed by atoms with Crippen LogP contribution < -0.4 is 5.32 Å². The molecule has 0 aliphatic carbocycles. The molecule has 2 aromatic carbocycles. The predicted octanol–water partition coefficient (Wildman–Crippen LogP) is 4.15. The molecule has 1 N–H and O–H groups in total. The number of thioether (sulfide) groups is 1. The third-order valence-corrected chi connectivity index (χ3v) is 4.81. The second kappa shape index (κ2) is 8.67. The summed E-state index contributed by atoms with van der Waals surface area (Å²) >= 11 is 1.67. The molecule has 3 aromatic rings. The number of aryl methyl sites for hydroxylation is 2. The highest BCUT2D eigenvalue weighted by Crippen LogP contribution is 2.19. The third-order valence-electron chi connectivity index (χ3n) is 3.80. The smallest absolute Gasteiger partial charge is 0.246 e. The Hall–Kier alpha value is -2.60. The van der Waals surface area contributed by atoms with E-state index in [9.17, 15) is 4.79 Å². The maximum absolute atomic E-state index is 12.0. The first kappa shape index (κ1) is 18.2. The van der Waals surface area contributed by atoms with Crippen LogP contribution in [0.1, 0.15) is 23.4 Å². The van der Waals surface area contributed by atoms with Gasteiger partial charge in [0.15, 0.2) is 0 Å². The molecule has 0 fully saturated rings. The summed E-state index contributed by atoms with van der Waals surface area (Å²) < 4.78 is 5.21. The fraction of sp³-hybridized carbons (Fsp3) is 0.250. The molecule has 134 valence electrons. The summed E-state index contributed by atoms with van der Waals surface area (Å²) in [6.07, 6.45) is 0.442. The average Bonchev–Trinajstić information content (AvgIpc) is 3.11. The lowest BCUT2D eigenvalue weighted by Gasteiger charge is -2.03. The molecular weight excluding hydrogens is 346 g/mol. The fourth-order valence-corrected chi connectivity index (χ4v) is 3.24. The summed E-state index contributed by atoms with van der Waals surface area (Å²) in [5, 5.41) is 6.79. The summed E-state index contributed by atoms with van der Waals surface area (Å²) in [5.74, 6) is 1.64. The van der Waals surface area contributed by atoms with Crippen LogP contribution in [0.25, 0.3) is 11.4 Å². The Morgan fingerprint density at radius 3 is 2.69 bits per heavy atom. The molecule has 0 saturated heterocycles. The lowest BCUT2D eigenvalue weighted by Crippen LogP contribution is -2.23. The van der Waals surface area contributed by atoms with Gasteiger partial charge < -0.3 is 9.84 Å². The molecule has 6 heteroatoms. The molecule has 1 heterocycles. The highest BCUT2D eigenvalue weighted by atomic mass is 32.2. The Bertz CT molecular complexity index is 875. The molecule has 0 saturated carbocycles. The molecule has 26 heavy (non-hydrogen) atoms. The number of rotatable bonds is 7. The van der Waals surface area contributed by atoms with E-state index in [0.717, 1.165) is 16.9 Å². The van der Waals surface area contributed by atoms with E-state index in [1.165, 1.54) is 10.5 Å². The van der Waals surface area contributed by atoms with Crippen molar-refractivity contribution >= 4 is 17.7 Å². The minimum absolute atomic E-state index is 0.0279. The summed E-state index contributed by atoms with van der Waals surface area (Å²) in [6.45, 7) is 4.32. The Kier molecular flexibility index (Phi) is 6.07. The monoisotopic (exact) mass is 367 g/mol. The van der Waals surface area contributed by atoms with Gasteiger partial charge >= 0.3 is 0 Å². The number of nitrogens with one attached hydrogen (secondary N) is 1. The predicted molar refractivity (Wildman–Crippen MR) is 103 cm³/mol. The van der Waals surface area contributed by atoms with Gasteiger partial charge in [0.25, 0.3) is 0 Å². The van der Waals surface area contributed by atoms with Gasteiger partial charge in [0.2, 0.25) is 17.6 Å². The van der Waals surface area contributed by atoms with Crippen molar-refractivity contribution in [3.8, 4) is 11.4 Å². The molecule has 0 bridgehead atoms. The van der Waals surface area contributed by atoms with E-state index < -0.39 is 0 Å². The topological polar surface area (TPSA) is 68.0 Å². The average molecular weight is 367 g/mol. The number of carbonyl (C=O) groups is 1. The Balaban J connectivity index is 1.44. The first-order chi connectivity index (χ1) is 12.6. The van der Waals surface area contributed by atoms with Crippen LogP contribution in [0.5, 0.6) is 0 Å². The molecule has 1 aromatic heterocycles. The molecule has 3 rings (SSSR count). The van der Waals surface area contributed by atoms with E-state index in [-0.39, 0.29) is 12.5 Å². The van der Waals surface area contributed by atoms with E-state index in [1.807, 2.05) is 31.2 Å². The van der Waals surface area contributed by atoms with Crippen molar-refractivity contribution in [2.45, 2.75) is 31.7 Å². The van der Waals surface area contributed by atoms with Gasteiger partial charge in [-0.2, -0.15) is 4.98 Å². The molecule has 0 unspecified atom stereocenters. The van der Waals surface area contributed by atoms with E-state index >= 15 is 0 Å². The molecule has 0 aliphatic rings. The van der Waals surface area contributed by atoms with Crippen LogP contribution >= 0.6 is 11.8 Å². The van der Waals surface area contributed by atoms with E-state index in [2.05, 4.69) is 46.6 Å². The van der Waals surface area contributed by atoms with E-state index in [4.69, 9.17) is 4.52 Å². The Morgan fingerprint density at radius 1 is 1.12 bits per heavy atom. The lowest BCUT2D eigenvalue weighted by atomic mass is 10.1. The normalized spacial score (nSPS) is 10.7. The lowest BCUT2D eigenvalue weighted by molar-refractivity contribution is -0.120. The number of aromatic nitrogens is 2. The SMILES string of the molecule is Cc1ccc(SCCC(=O)NCc2nc(-c3cccc(C)c3)no2)cc1. The standard InChI is InChI=1S/C20H21N3O2S/c1-14-6-8-17(9-7-14)26-11-10-18(24)21-13-19-22-20(23-25-19)16-5-3-4-15(2)12-16/h3-9,12H,10-11,13H2,1-2H3,(H,21,24). The van der Waals surface area contributed by atoms with Gasteiger partial charge in [0, 0.05) is 22.6 Å². The fourth-order valence-electron chi connectivity index (χ4n) is 2.39. The summed E-state index contributed by atoms with van der Waals surface area (Å²) in [4.78, 5) is 17.5. The highest BCUT2D eigenvalue weighted by molar-refractivity contribution is 7.99. The van der Waals surface area contributed by atoms with Crippen LogP contribution in [0.4, 0.5) is 0 Å². The van der Waals surface area contributed by atoms with E-state index in [0.29, 0.717) is 18.1 Å². The molecule has 5 nitrogen and oxygen atoms in total. The van der Waals surface area contributed by atoms with Crippen molar-refractivity contribution in [1.82, 2.24) is 15.5 Å². The van der Waals surface area contributed by atoms with Crippen LogP contribution in [0.2, 0.25) is 0 Å². The second-order valence-electron chi connectivity index (χ2n) is 6.07. The van der Waals surface area contributed by atoms with Crippen LogP contribution in [0.3, 0.4) is 0 Å². The molecule has 0 aliphatic heterocycles. The van der Waals surface area contributed by atoms with Gasteiger partial charge in [-0.15, -0.1) is 11.8 Å². The van der Waals surface area contributed by atoms with E-state index in [1.54, 1.807) is 11.8 Å². The van der Waals surface area contributed by atoms with Crippen LogP contribution in [0, 0.1) is 13.8 Å². The van der Waals surface area contributed by atoms with Crippen molar-refractivity contribution in [1.29, 1.82) is 0 Å². The molecule has 0 radical (unpaired) electrons. The first-order valence-corrected chi connectivity index (χ1v) is 9.44. The number of hydrogen-bond acceptors (Lipinski definition) is 5. The Labute approximate surface area is 157 Å². The van der Waals surface area contributed by atoms with Gasteiger partial charge in [0.05, 0.1) is 6.54 Å². The van der Waals surface area contributed by atoms with Crippen molar-refractivity contribution < 1.29 is 9.32 Å². The minimum atomic E-state index is -0.0279. The van der Waals surface area contributed by atoms with Crippen molar-refractivity contribution in [2.75, 3.05) is 5.75 Å². The van der Waals surface area contributed by atoms with Gasteiger partial charge in [-0.3, -0.25) is 4.79 Å². The Morgan fingerprint density at radius 2 is 1.92 bits per heavy atom. The third kappa shape index (κ3) is 5.20.